The lowest BCUT2D eigenvalue weighted by Gasteiger charge is -2.23. The normalized spacial score (nSPS) is 16.4. The van der Waals surface area contributed by atoms with Crippen molar-refractivity contribution in [1.29, 1.82) is 0 Å². The minimum atomic E-state index is -0.506. The van der Waals surface area contributed by atoms with Gasteiger partial charge in [0.25, 0.3) is 5.91 Å². The summed E-state index contributed by atoms with van der Waals surface area (Å²) in [5.41, 5.74) is 1.25. The molecule has 3 rings (SSSR count). The first kappa shape index (κ1) is 19.0. The quantitative estimate of drug-likeness (QED) is 0.797. The molecule has 7 heteroatoms. The molecule has 0 aliphatic carbocycles. The Labute approximate surface area is 162 Å². The van der Waals surface area contributed by atoms with E-state index in [-0.39, 0.29) is 18.4 Å². The maximum absolute atomic E-state index is 12.5. The highest BCUT2D eigenvalue weighted by Gasteiger charge is 2.24. The minimum absolute atomic E-state index is 0.152. The Bertz CT molecular complexity index is 840. The molecule has 2 N–H and O–H groups in total. The summed E-state index contributed by atoms with van der Waals surface area (Å²) in [6, 6.07) is 11.8. The fourth-order valence-electron chi connectivity index (χ4n) is 2.85. The van der Waals surface area contributed by atoms with Crippen molar-refractivity contribution in [1.82, 2.24) is 10.6 Å². The van der Waals surface area contributed by atoms with Crippen LogP contribution in [0.4, 0.5) is 0 Å². The second-order valence-electron chi connectivity index (χ2n) is 6.21. The smallest absolute Gasteiger partial charge is 0.252 e. The predicted octanol–water partition coefficient (Wildman–Crippen LogP) is 2.94. The fourth-order valence-corrected chi connectivity index (χ4v) is 3.04. The minimum Gasteiger partial charge on any atom is -0.493 e. The number of halogens is 1. The zero-order valence-corrected chi connectivity index (χ0v) is 15.7. The topological polar surface area (TPSA) is 76.7 Å². The third-order valence-corrected chi connectivity index (χ3v) is 4.73. The largest absolute Gasteiger partial charge is 0.493 e. The Morgan fingerprint density at radius 3 is 2.81 bits per heavy atom. The van der Waals surface area contributed by atoms with Crippen molar-refractivity contribution in [2.45, 2.75) is 25.5 Å². The summed E-state index contributed by atoms with van der Waals surface area (Å²) in [4.78, 5) is 24.3. The molecule has 1 aliphatic rings. The Balaban J connectivity index is 1.69. The molecule has 2 aromatic rings. The summed E-state index contributed by atoms with van der Waals surface area (Å²) in [5, 5.41) is 6.13. The Hall–Kier alpha value is -2.73. The number of rotatable bonds is 6. The van der Waals surface area contributed by atoms with E-state index in [0.29, 0.717) is 35.1 Å². The van der Waals surface area contributed by atoms with Gasteiger partial charge in [0.05, 0.1) is 7.11 Å². The number of methoxy groups -OCH3 is 1. The highest BCUT2D eigenvalue weighted by atomic mass is 35.5. The summed E-state index contributed by atoms with van der Waals surface area (Å²) in [7, 11) is 1.51. The van der Waals surface area contributed by atoms with Gasteiger partial charge in [-0.15, -0.1) is 0 Å². The Kier molecular flexibility index (Phi) is 6.19. The molecule has 0 radical (unpaired) electrons. The number of nitrogens with one attached hydrogen (secondary N) is 2. The van der Waals surface area contributed by atoms with Crippen LogP contribution in [-0.4, -0.2) is 31.5 Å². The van der Waals surface area contributed by atoms with Gasteiger partial charge in [-0.3, -0.25) is 9.59 Å². The zero-order chi connectivity index (χ0) is 19.2. The molecule has 1 heterocycles. The van der Waals surface area contributed by atoms with Crippen molar-refractivity contribution in [3.05, 3.63) is 58.6 Å². The number of piperidine rings is 1. The van der Waals surface area contributed by atoms with Crippen LogP contribution >= 0.6 is 11.6 Å². The SMILES string of the molecule is COc1cc(C(=O)NC2CCCNC2=O)ccc1OCc1ccccc1Cl. The molecule has 1 fully saturated rings. The first-order valence-electron chi connectivity index (χ1n) is 8.71. The number of hydrogen-bond donors (Lipinski definition) is 2. The summed E-state index contributed by atoms with van der Waals surface area (Å²) in [5.74, 6) is 0.460. The van der Waals surface area contributed by atoms with Crippen LogP contribution in [-0.2, 0) is 11.4 Å². The van der Waals surface area contributed by atoms with Crippen LogP contribution < -0.4 is 20.1 Å². The summed E-state index contributed by atoms with van der Waals surface area (Å²) < 4.78 is 11.1. The highest BCUT2D eigenvalue weighted by Crippen LogP contribution is 2.29. The van der Waals surface area contributed by atoms with E-state index in [9.17, 15) is 9.59 Å². The number of benzene rings is 2. The van der Waals surface area contributed by atoms with E-state index in [1.54, 1.807) is 24.3 Å². The van der Waals surface area contributed by atoms with E-state index in [1.165, 1.54) is 7.11 Å². The second kappa shape index (κ2) is 8.77. The van der Waals surface area contributed by atoms with E-state index in [2.05, 4.69) is 10.6 Å². The molecule has 142 valence electrons. The summed E-state index contributed by atoms with van der Waals surface area (Å²) in [6.45, 7) is 0.931. The highest BCUT2D eigenvalue weighted by molar-refractivity contribution is 6.31. The first-order valence-corrected chi connectivity index (χ1v) is 9.09. The molecule has 2 amide bonds. The molecule has 0 saturated carbocycles. The van der Waals surface area contributed by atoms with Crippen LogP contribution in [0.5, 0.6) is 11.5 Å². The molecule has 1 unspecified atom stereocenters. The third-order valence-electron chi connectivity index (χ3n) is 4.36. The van der Waals surface area contributed by atoms with Crippen LogP contribution in [0, 0.1) is 0 Å². The molecule has 0 spiro atoms. The lowest BCUT2D eigenvalue weighted by atomic mass is 10.1. The molecule has 0 bridgehead atoms. The third kappa shape index (κ3) is 4.71. The van der Waals surface area contributed by atoms with E-state index in [4.69, 9.17) is 21.1 Å². The zero-order valence-electron chi connectivity index (χ0n) is 15.0. The fraction of sp³-hybridized carbons (Fsp3) is 0.300. The average molecular weight is 389 g/mol. The number of ether oxygens (including phenoxy) is 2. The lowest BCUT2D eigenvalue weighted by molar-refractivity contribution is -0.124. The van der Waals surface area contributed by atoms with Crippen molar-refractivity contribution in [2.75, 3.05) is 13.7 Å². The number of carbonyl (C=O) groups is 2. The second-order valence-corrected chi connectivity index (χ2v) is 6.61. The van der Waals surface area contributed by atoms with Gasteiger partial charge in [0.1, 0.15) is 12.6 Å². The Morgan fingerprint density at radius 1 is 1.26 bits per heavy atom. The van der Waals surface area contributed by atoms with Crippen LogP contribution in [0.1, 0.15) is 28.8 Å². The van der Waals surface area contributed by atoms with Crippen molar-refractivity contribution in [2.24, 2.45) is 0 Å². The van der Waals surface area contributed by atoms with E-state index in [1.807, 2.05) is 18.2 Å². The number of carbonyl (C=O) groups excluding carboxylic acids is 2. The lowest BCUT2D eigenvalue weighted by Crippen LogP contribution is -2.50. The average Bonchev–Trinajstić information content (AvgIpc) is 2.69. The molecular weight excluding hydrogens is 368 g/mol. The number of amides is 2. The van der Waals surface area contributed by atoms with Gasteiger partial charge in [0, 0.05) is 22.7 Å². The molecular formula is C20H21ClN2O4. The van der Waals surface area contributed by atoms with Gasteiger partial charge >= 0.3 is 0 Å². The molecule has 1 atom stereocenters. The molecule has 1 aliphatic heterocycles. The van der Waals surface area contributed by atoms with Crippen molar-refractivity contribution >= 4 is 23.4 Å². The van der Waals surface area contributed by atoms with Crippen molar-refractivity contribution < 1.29 is 19.1 Å². The summed E-state index contributed by atoms with van der Waals surface area (Å²) in [6.07, 6.45) is 1.47. The van der Waals surface area contributed by atoms with E-state index >= 15 is 0 Å². The standard InChI is InChI=1S/C20H21ClN2O4/c1-26-18-11-13(19(24)23-16-7-4-10-22-20(16)25)8-9-17(18)27-12-14-5-2-3-6-15(14)21/h2-3,5-6,8-9,11,16H,4,7,10,12H2,1H3,(H,22,25)(H,23,24). The predicted molar refractivity (Wildman–Crippen MR) is 102 cm³/mol. The van der Waals surface area contributed by atoms with Gasteiger partial charge in [-0.05, 0) is 37.1 Å². The van der Waals surface area contributed by atoms with Crippen LogP contribution in [0.25, 0.3) is 0 Å². The maximum Gasteiger partial charge on any atom is 0.252 e. The number of hydrogen-bond acceptors (Lipinski definition) is 4. The van der Waals surface area contributed by atoms with E-state index in [0.717, 1.165) is 12.0 Å². The van der Waals surface area contributed by atoms with Gasteiger partial charge in [-0.25, -0.2) is 0 Å². The Morgan fingerprint density at radius 2 is 2.07 bits per heavy atom. The van der Waals surface area contributed by atoms with Gasteiger partial charge in [0.15, 0.2) is 11.5 Å². The summed E-state index contributed by atoms with van der Waals surface area (Å²) >= 11 is 6.14. The van der Waals surface area contributed by atoms with Crippen LogP contribution in [0.15, 0.2) is 42.5 Å². The van der Waals surface area contributed by atoms with E-state index < -0.39 is 6.04 Å². The van der Waals surface area contributed by atoms with Gasteiger partial charge in [-0.2, -0.15) is 0 Å². The molecule has 0 aromatic heterocycles. The van der Waals surface area contributed by atoms with Gasteiger partial charge in [0.2, 0.25) is 5.91 Å². The van der Waals surface area contributed by atoms with Crippen LogP contribution in [0.2, 0.25) is 5.02 Å². The molecule has 6 nitrogen and oxygen atoms in total. The van der Waals surface area contributed by atoms with Crippen LogP contribution in [0.3, 0.4) is 0 Å². The van der Waals surface area contributed by atoms with Crippen molar-refractivity contribution in [3.63, 3.8) is 0 Å². The molecule has 27 heavy (non-hydrogen) atoms. The maximum atomic E-state index is 12.5. The monoisotopic (exact) mass is 388 g/mol. The molecule has 1 saturated heterocycles. The van der Waals surface area contributed by atoms with Gasteiger partial charge in [-0.1, -0.05) is 29.8 Å². The van der Waals surface area contributed by atoms with Crippen molar-refractivity contribution in [3.8, 4) is 11.5 Å². The van der Waals surface area contributed by atoms with Gasteiger partial charge < -0.3 is 20.1 Å². The first-order chi connectivity index (χ1) is 13.1. The molecule has 2 aromatic carbocycles.